The average molecular weight is 401 g/mol. The van der Waals surface area contributed by atoms with E-state index in [0.29, 0.717) is 17.7 Å². The molecule has 7 nitrogen and oxygen atoms in total. The van der Waals surface area contributed by atoms with Crippen LogP contribution in [0.1, 0.15) is 25.0 Å². The van der Waals surface area contributed by atoms with E-state index in [9.17, 15) is 14.4 Å². The monoisotopic (exact) mass is 401 g/mol. The van der Waals surface area contributed by atoms with Crippen molar-refractivity contribution in [3.8, 4) is 5.75 Å². The highest BCUT2D eigenvalue weighted by molar-refractivity contribution is 7.07. The van der Waals surface area contributed by atoms with Crippen LogP contribution in [0.5, 0.6) is 5.75 Å². The molecule has 28 heavy (non-hydrogen) atoms. The predicted octanol–water partition coefficient (Wildman–Crippen LogP) is 2.27. The van der Waals surface area contributed by atoms with E-state index in [4.69, 9.17) is 4.74 Å². The molecular weight excluding hydrogens is 378 g/mol. The number of imide groups is 1. The molecule has 0 radical (unpaired) electrons. The first kappa shape index (κ1) is 19.9. The lowest BCUT2D eigenvalue weighted by Crippen LogP contribution is -2.45. The van der Waals surface area contributed by atoms with Gasteiger partial charge in [0.2, 0.25) is 5.91 Å². The second-order valence-corrected chi connectivity index (χ2v) is 7.76. The summed E-state index contributed by atoms with van der Waals surface area (Å²) in [6.45, 7) is 3.21. The number of benzene rings is 1. The zero-order valence-corrected chi connectivity index (χ0v) is 16.8. The summed E-state index contributed by atoms with van der Waals surface area (Å²) in [5.74, 6) is -0.173. The summed E-state index contributed by atoms with van der Waals surface area (Å²) in [4.78, 5) is 38.6. The van der Waals surface area contributed by atoms with E-state index in [2.05, 4.69) is 10.6 Å². The number of thiophene rings is 1. The molecule has 8 heteroatoms. The van der Waals surface area contributed by atoms with Crippen LogP contribution in [0, 0.1) is 0 Å². The first-order valence-corrected chi connectivity index (χ1v) is 9.87. The highest BCUT2D eigenvalue weighted by Crippen LogP contribution is 2.29. The topological polar surface area (TPSA) is 87.7 Å². The van der Waals surface area contributed by atoms with Crippen LogP contribution >= 0.6 is 11.3 Å². The van der Waals surface area contributed by atoms with Gasteiger partial charge in [0.1, 0.15) is 17.8 Å². The SMILES string of the molecule is COc1ccc(C2(C)NC(=O)N(CC(=O)NC(C)Cc3ccsc3)C2=O)cc1. The summed E-state index contributed by atoms with van der Waals surface area (Å²) in [5.41, 5.74) is 0.548. The van der Waals surface area contributed by atoms with Crippen molar-refractivity contribution in [1.29, 1.82) is 0 Å². The van der Waals surface area contributed by atoms with Crippen molar-refractivity contribution in [2.45, 2.75) is 31.8 Å². The predicted molar refractivity (Wildman–Crippen MR) is 106 cm³/mol. The molecule has 0 saturated carbocycles. The van der Waals surface area contributed by atoms with Gasteiger partial charge in [-0.25, -0.2) is 4.79 Å². The van der Waals surface area contributed by atoms with Crippen molar-refractivity contribution in [3.05, 3.63) is 52.2 Å². The summed E-state index contributed by atoms with van der Waals surface area (Å²) >= 11 is 1.60. The third-order valence-corrected chi connectivity index (χ3v) is 5.51. The van der Waals surface area contributed by atoms with Crippen LogP contribution in [0.15, 0.2) is 41.1 Å². The van der Waals surface area contributed by atoms with Gasteiger partial charge in [-0.1, -0.05) is 12.1 Å². The molecule has 4 amide bonds. The van der Waals surface area contributed by atoms with Gasteiger partial charge in [-0.15, -0.1) is 0 Å². The summed E-state index contributed by atoms with van der Waals surface area (Å²) in [5, 5.41) is 9.55. The second-order valence-electron chi connectivity index (χ2n) is 6.98. The van der Waals surface area contributed by atoms with Gasteiger partial charge in [0.15, 0.2) is 0 Å². The molecule has 1 saturated heterocycles. The fraction of sp³-hybridized carbons (Fsp3) is 0.350. The number of methoxy groups -OCH3 is 1. The van der Waals surface area contributed by atoms with Crippen LogP contribution < -0.4 is 15.4 Å². The number of urea groups is 1. The Bertz CT molecular complexity index is 866. The van der Waals surface area contributed by atoms with Gasteiger partial charge in [0.25, 0.3) is 5.91 Å². The van der Waals surface area contributed by atoms with Gasteiger partial charge in [0.05, 0.1) is 7.11 Å². The number of amides is 4. The standard InChI is InChI=1S/C20H23N3O4S/c1-13(10-14-8-9-28-12-14)21-17(24)11-23-18(25)20(2,22-19(23)26)15-4-6-16(27-3)7-5-15/h4-9,12-13H,10-11H2,1-3H3,(H,21,24)(H,22,26). The zero-order chi connectivity index (χ0) is 20.3. The molecule has 2 unspecified atom stereocenters. The van der Waals surface area contributed by atoms with E-state index in [1.54, 1.807) is 49.6 Å². The quantitative estimate of drug-likeness (QED) is 0.697. The number of carbonyl (C=O) groups excluding carboxylic acids is 3. The molecule has 1 aliphatic heterocycles. The first-order chi connectivity index (χ1) is 13.3. The van der Waals surface area contributed by atoms with Crippen molar-refractivity contribution in [3.63, 3.8) is 0 Å². The maximum atomic E-state index is 12.9. The Morgan fingerprint density at radius 2 is 2.00 bits per heavy atom. The Hall–Kier alpha value is -2.87. The molecule has 1 fully saturated rings. The van der Waals surface area contributed by atoms with Gasteiger partial charge < -0.3 is 15.4 Å². The maximum Gasteiger partial charge on any atom is 0.325 e. The molecule has 2 N–H and O–H groups in total. The molecule has 3 rings (SSSR count). The van der Waals surface area contributed by atoms with Crippen molar-refractivity contribution < 1.29 is 19.1 Å². The van der Waals surface area contributed by atoms with E-state index in [1.165, 1.54) is 0 Å². The van der Waals surface area contributed by atoms with Gasteiger partial charge in [0, 0.05) is 6.04 Å². The van der Waals surface area contributed by atoms with Crippen molar-refractivity contribution in [2.24, 2.45) is 0 Å². The van der Waals surface area contributed by atoms with E-state index in [0.717, 1.165) is 10.5 Å². The lowest BCUT2D eigenvalue weighted by molar-refractivity contribution is -0.135. The Kier molecular flexibility index (Phi) is 5.69. The van der Waals surface area contributed by atoms with Crippen LogP contribution in [0.25, 0.3) is 0 Å². The van der Waals surface area contributed by atoms with E-state index in [1.807, 2.05) is 23.8 Å². The number of nitrogens with zero attached hydrogens (tertiary/aromatic N) is 1. The van der Waals surface area contributed by atoms with Crippen LogP contribution in [0.3, 0.4) is 0 Å². The summed E-state index contributed by atoms with van der Waals surface area (Å²) in [6, 6.07) is 8.22. The minimum atomic E-state index is -1.22. The third-order valence-electron chi connectivity index (χ3n) is 4.77. The minimum Gasteiger partial charge on any atom is -0.497 e. The highest BCUT2D eigenvalue weighted by atomic mass is 32.1. The Morgan fingerprint density at radius 3 is 2.61 bits per heavy atom. The molecule has 0 spiro atoms. The fourth-order valence-corrected chi connectivity index (χ4v) is 3.92. The summed E-state index contributed by atoms with van der Waals surface area (Å²) < 4.78 is 5.13. The normalized spacial score (nSPS) is 20.0. The van der Waals surface area contributed by atoms with E-state index < -0.39 is 17.5 Å². The fourth-order valence-electron chi connectivity index (χ4n) is 3.24. The molecular formula is C20H23N3O4S. The van der Waals surface area contributed by atoms with Crippen molar-refractivity contribution >= 4 is 29.2 Å². The van der Waals surface area contributed by atoms with Crippen molar-refractivity contribution in [1.82, 2.24) is 15.5 Å². The second kappa shape index (κ2) is 8.02. The zero-order valence-electron chi connectivity index (χ0n) is 16.0. The van der Waals surface area contributed by atoms with Crippen LogP contribution in [-0.2, 0) is 21.5 Å². The number of rotatable bonds is 7. The van der Waals surface area contributed by atoms with Crippen molar-refractivity contribution in [2.75, 3.05) is 13.7 Å². The lowest BCUT2D eigenvalue weighted by Gasteiger charge is -2.22. The molecule has 2 heterocycles. The van der Waals surface area contributed by atoms with Gasteiger partial charge in [-0.2, -0.15) is 11.3 Å². The number of hydrogen-bond donors (Lipinski definition) is 2. The summed E-state index contributed by atoms with van der Waals surface area (Å²) in [7, 11) is 1.55. The van der Waals surface area contributed by atoms with Gasteiger partial charge in [-0.05, 0) is 60.4 Å². The maximum absolute atomic E-state index is 12.9. The largest absolute Gasteiger partial charge is 0.497 e. The summed E-state index contributed by atoms with van der Waals surface area (Å²) in [6.07, 6.45) is 0.693. The van der Waals surface area contributed by atoms with Gasteiger partial charge >= 0.3 is 6.03 Å². The highest BCUT2D eigenvalue weighted by Gasteiger charge is 2.49. The molecule has 1 aromatic carbocycles. The van der Waals surface area contributed by atoms with E-state index >= 15 is 0 Å². The van der Waals surface area contributed by atoms with Gasteiger partial charge in [-0.3, -0.25) is 14.5 Å². The molecule has 0 bridgehead atoms. The lowest BCUT2D eigenvalue weighted by atomic mass is 9.92. The van der Waals surface area contributed by atoms with Crippen LogP contribution in [0.2, 0.25) is 0 Å². The first-order valence-electron chi connectivity index (χ1n) is 8.92. The minimum absolute atomic E-state index is 0.101. The molecule has 2 aromatic rings. The molecule has 1 aromatic heterocycles. The Morgan fingerprint density at radius 1 is 1.29 bits per heavy atom. The smallest absolute Gasteiger partial charge is 0.325 e. The Balaban J connectivity index is 1.64. The number of ether oxygens (including phenoxy) is 1. The third kappa shape index (κ3) is 4.01. The number of carbonyl (C=O) groups is 3. The molecule has 1 aliphatic rings. The van der Waals surface area contributed by atoms with Crippen LogP contribution in [0.4, 0.5) is 4.79 Å². The molecule has 0 aliphatic carbocycles. The van der Waals surface area contributed by atoms with E-state index in [-0.39, 0.29) is 18.5 Å². The molecule has 2 atom stereocenters. The number of nitrogens with one attached hydrogen (secondary N) is 2. The molecule has 148 valence electrons. The Labute approximate surface area is 167 Å². The average Bonchev–Trinajstić information content (AvgIpc) is 3.24. The number of hydrogen-bond acceptors (Lipinski definition) is 5. The van der Waals surface area contributed by atoms with Crippen LogP contribution in [-0.4, -0.2) is 42.4 Å².